The number of ether oxygens (including phenoxy) is 2. The third-order valence-electron chi connectivity index (χ3n) is 8.58. The van der Waals surface area contributed by atoms with Gasteiger partial charge in [-0.2, -0.15) is 0 Å². The molecule has 52 heavy (non-hydrogen) atoms. The van der Waals surface area contributed by atoms with Crippen molar-refractivity contribution in [3.63, 3.8) is 0 Å². The van der Waals surface area contributed by atoms with Crippen molar-refractivity contribution < 1.29 is 43.0 Å². The number of carbonyl (C=O) groups excluding carboxylic acids is 1. The van der Waals surface area contributed by atoms with Gasteiger partial charge in [0.05, 0.1) is 26.1 Å². The first-order valence-corrected chi connectivity index (χ1v) is 22.2. The summed E-state index contributed by atoms with van der Waals surface area (Å²) in [5.74, 6) is -0.442. The summed E-state index contributed by atoms with van der Waals surface area (Å²) in [5, 5.41) is 18.3. The minimum absolute atomic E-state index is 0.0504. The molecule has 0 aromatic rings. The summed E-state index contributed by atoms with van der Waals surface area (Å²) >= 11 is 0. The molecule has 0 heterocycles. The van der Waals surface area contributed by atoms with E-state index in [1.165, 1.54) is 103 Å². The van der Waals surface area contributed by atoms with E-state index in [0.29, 0.717) is 6.42 Å². The number of rotatable bonds is 39. The van der Waals surface area contributed by atoms with Crippen molar-refractivity contribution in [2.45, 2.75) is 187 Å². The van der Waals surface area contributed by atoms with Crippen molar-refractivity contribution >= 4 is 13.8 Å². The molecule has 0 saturated carbocycles. The zero-order chi connectivity index (χ0) is 38.2. The molecule has 0 radical (unpaired) electrons. The van der Waals surface area contributed by atoms with E-state index in [9.17, 15) is 19.4 Å². The zero-order valence-corrected chi connectivity index (χ0v) is 33.9. The van der Waals surface area contributed by atoms with Crippen LogP contribution in [-0.4, -0.2) is 59.7 Å². The normalized spacial score (nSPS) is 14.6. The fraction of sp³-hybridized carbons (Fsp3) is 0.786. The van der Waals surface area contributed by atoms with Crippen molar-refractivity contribution in [1.82, 2.24) is 0 Å². The summed E-state index contributed by atoms with van der Waals surface area (Å²) < 4.78 is 33.0. The van der Waals surface area contributed by atoms with Crippen LogP contribution in [-0.2, 0) is 27.9 Å². The van der Waals surface area contributed by atoms with Crippen LogP contribution in [0, 0.1) is 0 Å². The van der Waals surface area contributed by atoms with Crippen molar-refractivity contribution in [2.24, 2.45) is 0 Å². The molecule has 3 N–H and O–H groups in total. The lowest BCUT2D eigenvalue weighted by Gasteiger charge is -2.20. The van der Waals surface area contributed by atoms with Crippen molar-refractivity contribution in [2.75, 3.05) is 26.4 Å². The quantitative estimate of drug-likeness (QED) is 0.0184. The molecule has 304 valence electrons. The number of aliphatic hydroxyl groups is 2. The molecule has 0 aliphatic heterocycles. The van der Waals surface area contributed by atoms with Gasteiger partial charge in [0.1, 0.15) is 12.7 Å². The number of hydrogen-bond donors (Lipinski definition) is 3. The number of unbranched alkanes of at least 4 members (excludes halogenated alkanes) is 19. The molecule has 0 aromatic heterocycles. The standard InChI is InChI=1S/C42H77O9P/c1-3-5-7-9-11-13-15-17-19-21-23-25-27-29-31-33-35-48-38-41(39-50-52(46,47)49-37-40(44)36-43)51-42(45)34-32-30-28-26-24-22-20-18-16-14-12-10-8-6-4-2/h12,14,18,20,24,26,33,35,40-41,43-44H,3-11,13,15-17,19,21-23,25,27-32,34,36-39H2,1-2H3,(H,46,47)/b14-12-,20-18-,26-24-,35-33-/t40-,41+/m0/s1. The first kappa shape index (κ1) is 50.3. The van der Waals surface area contributed by atoms with Crippen LogP contribution in [0.25, 0.3) is 0 Å². The average molecular weight is 757 g/mol. The SMILES string of the molecule is CCCCC/C=C\C/C=C\C/C=C\CCCCC(=O)O[C@H](CO/C=C\CCCCCCCCCCCCCCCC)COP(=O)(O)OC[C@@H](O)CO. The molecule has 0 aromatic carbocycles. The highest BCUT2D eigenvalue weighted by Gasteiger charge is 2.26. The largest absolute Gasteiger partial charge is 0.498 e. The zero-order valence-electron chi connectivity index (χ0n) is 33.0. The Bertz CT molecular complexity index is 950. The second kappa shape index (κ2) is 39.0. The molecule has 0 saturated heterocycles. The molecule has 0 rings (SSSR count). The molecule has 1 unspecified atom stereocenters. The van der Waals surface area contributed by atoms with Gasteiger partial charge in [0.15, 0.2) is 6.10 Å². The van der Waals surface area contributed by atoms with Gasteiger partial charge in [-0.3, -0.25) is 13.8 Å². The average Bonchev–Trinajstić information content (AvgIpc) is 3.13. The van der Waals surface area contributed by atoms with Crippen molar-refractivity contribution in [3.8, 4) is 0 Å². The van der Waals surface area contributed by atoms with Crippen molar-refractivity contribution in [3.05, 3.63) is 48.8 Å². The molecule has 0 fully saturated rings. The Morgan fingerprint density at radius 2 is 1.04 bits per heavy atom. The van der Waals surface area contributed by atoms with Crippen LogP contribution in [0.15, 0.2) is 48.8 Å². The number of allylic oxidation sites excluding steroid dienone is 7. The van der Waals surface area contributed by atoms with E-state index in [1.54, 1.807) is 6.26 Å². The van der Waals surface area contributed by atoms with E-state index < -0.39 is 45.8 Å². The van der Waals surface area contributed by atoms with Crippen molar-refractivity contribution in [1.29, 1.82) is 0 Å². The Morgan fingerprint density at radius 1 is 0.596 bits per heavy atom. The van der Waals surface area contributed by atoms with Crippen LogP contribution in [0.3, 0.4) is 0 Å². The molecule has 9 nitrogen and oxygen atoms in total. The van der Waals surface area contributed by atoms with Crippen LogP contribution in [0.2, 0.25) is 0 Å². The van der Waals surface area contributed by atoms with Gasteiger partial charge in [-0.05, 0) is 63.9 Å². The van der Waals surface area contributed by atoms with Gasteiger partial charge in [0, 0.05) is 6.42 Å². The highest BCUT2D eigenvalue weighted by atomic mass is 31.2. The first-order chi connectivity index (χ1) is 25.3. The van der Waals surface area contributed by atoms with Gasteiger partial charge < -0.3 is 24.6 Å². The van der Waals surface area contributed by atoms with E-state index in [1.807, 2.05) is 6.08 Å². The molecular weight excluding hydrogens is 679 g/mol. The van der Waals surface area contributed by atoms with E-state index in [0.717, 1.165) is 44.9 Å². The summed E-state index contributed by atoms with van der Waals surface area (Å²) in [4.78, 5) is 22.5. The topological polar surface area (TPSA) is 132 Å². The predicted octanol–water partition coefficient (Wildman–Crippen LogP) is 11.4. The highest BCUT2D eigenvalue weighted by molar-refractivity contribution is 7.47. The van der Waals surface area contributed by atoms with Gasteiger partial charge in [0.25, 0.3) is 0 Å². The molecule has 0 aliphatic carbocycles. The summed E-state index contributed by atoms with van der Waals surface area (Å²) in [6.45, 7) is 2.81. The minimum atomic E-state index is -4.54. The van der Waals surface area contributed by atoms with E-state index in [-0.39, 0.29) is 13.0 Å². The Kier molecular flexibility index (Phi) is 37.7. The third-order valence-corrected chi connectivity index (χ3v) is 9.53. The van der Waals surface area contributed by atoms with Crippen LogP contribution in [0.1, 0.15) is 174 Å². The smallest absolute Gasteiger partial charge is 0.472 e. The number of hydrogen-bond acceptors (Lipinski definition) is 8. The highest BCUT2D eigenvalue weighted by Crippen LogP contribution is 2.43. The lowest BCUT2D eigenvalue weighted by Crippen LogP contribution is -2.28. The number of aliphatic hydroxyl groups excluding tert-OH is 2. The fourth-order valence-corrected chi connectivity index (χ4v) is 6.18. The van der Waals surface area contributed by atoms with Crippen LogP contribution in [0.5, 0.6) is 0 Å². The lowest BCUT2D eigenvalue weighted by molar-refractivity contribution is -0.153. The van der Waals surface area contributed by atoms with Gasteiger partial charge in [-0.25, -0.2) is 4.57 Å². The Labute approximate surface area is 317 Å². The second-order valence-corrected chi connectivity index (χ2v) is 15.2. The van der Waals surface area contributed by atoms with Crippen LogP contribution < -0.4 is 0 Å². The molecule has 10 heteroatoms. The number of phosphoric ester groups is 1. The van der Waals surface area contributed by atoms with E-state index in [2.05, 4.69) is 50.3 Å². The molecule has 0 aliphatic rings. The molecular formula is C42H77O9P. The Hall–Kier alpha value is -1.74. The maximum atomic E-state index is 12.6. The van der Waals surface area contributed by atoms with Crippen LogP contribution in [0.4, 0.5) is 0 Å². The van der Waals surface area contributed by atoms with Gasteiger partial charge in [-0.15, -0.1) is 0 Å². The van der Waals surface area contributed by atoms with E-state index in [4.69, 9.17) is 23.6 Å². The maximum Gasteiger partial charge on any atom is 0.472 e. The molecule has 0 spiro atoms. The minimum Gasteiger partial charge on any atom is -0.498 e. The number of phosphoric acid groups is 1. The lowest BCUT2D eigenvalue weighted by atomic mass is 10.0. The Balaban J connectivity index is 4.32. The first-order valence-electron chi connectivity index (χ1n) is 20.7. The van der Waals surface area contributed by atoms with Gasteiger partial charge >= 0.3 is 13.8 Å². The summed E-state index contributed by atoms with van der Waals surface area (Å²) in [6, 6.07) is 0. The number of carbonyl (C=O) groups is 1. The second-order valence-electron chi connectivity index (χ2n) is 13.7. The maximum absolute atomic E-state index is 12.6. The van der Waals surface area contributed by atoms with E-state index >= 15 is 0 Å². The Morgan fingerprint density at radius 3 is 1.60 bits per heavy atom. The molecule has 0 amide bonds. The fourth-order valence-electron chi connectivity index (χ4n) is 5.39. The van der Waals surface area contributed by atoms with Crippen LogP contribution >= 0.6 is 7.82 Å². The monoisotopic (exact) mass is 757 g/mol. The summed E-state index contributed by atoms with van der Waals surface area (Å²) in [7, 11) is -4.54. The van der Waals surface area contributed by atoms with Gasteiger partial charge in [0.2, 0.25) is 0 Å². The third kappa shape index (κ3) is 38.0. The molecule has 3 atom stereocenters. The summed E-state index contributed by atoms with van der Waals surface area (Å²) in [5.41, 5.74) is 0. The van der Waals surface area contributed by atoms with Gasteiger partial charge in [-0.1, -0.05) is 147 Å². The summed E-state index contributed by atoms with van der Waals surface area (Å²) in [6.07, 6.45) is 43.0. The number of esters is 1. The predicted molar refractivity (Wildman–Crippen MR) is 214 cm³/mol. The molecule has 0 bridgehead atoms.